The third-order valence-electron chi connectivity index (χ3n) is 5.79. The van der Waals surface area contributed by atoms with Gasteiger partial charge < -0.3 is 18.8 Å². The smallest absolute Gasteiger partial charge is 0.347 e. The average Bonchev–Trinajstić information content (AvgIpc) is 2.89. The van der Waals surface area contributed by atoms with Crippen molar-refractivity contribution in [1.82, 2.24) is 9.55 Å². The summed E-state index contributed by atoms with van der Waals surface area (Å²) in [5.41, 5.74) is 1.86. The van der Waals surface area contributed by atoms with Gasteiger partial charge in [0.05, 0.1) is 24.3 Å². The topological polar surface area (TPSA) is 96.7 Å². The maximum absolute atomic E-state index is 13.8. The summed E-state index contributed by atoms with van der Waals surface area (Å²) in [6.45, 7) is 1.87. The van der Waals surface area contributed by atoms with Gasteiger partial charge in [0.2, 0.25) is 0 Å². The predicted molar refractivity (Wildman–Crippen MR) is 134 cm³/mol. The molecular weight excluding hydrogens is 479 g/mol. The lowest BCUT2D eigenvalue weighted by Crippen LogP contribution is -2.28. The van der Waals surface area contributed by atoms with Crippen LogP contribution in [0.25, 0.3) is 11.0 Å². The number of aryl methyl sites for hydroxylation is 1. The van der Waals surface area contributed by atoms with E-state index in [9.17, 15) is 18.8 Å². The molecule has 0 aliphatic heterocycles. The summed E-state index contributed by atoms with van der Waals surface area (Å²) < 4.78 is 30.9. The van der Waals surface area contributed by atoms with Crippen LogP contribution >= 0.6 is 0 Å². The molecule has 0 saturated carbocycles. The van der Waals surface area contributed by atoms with E-state index in [1.807, 2.05) is 0 Å². The van der Waals surface area contributed by atoms with Crippen molar-refractivity contribution < 1.29 is 28.2 Å². The summed E-state index contributed by atoms with van der Waals surface area (Å²) in [5, 5.41) is 0. The molecule has 0 amide bonds. The van der Waals surface area contributed by atoms with Gasteiger partial charge in [0.1, 0.15) is 11.3 Å². The number of hydrogen-bond acceptors (Lipinski definition) is 7. The molecule has 8 nitrogen and oxygen atoms in total. The molecular formula is C28H25FN2O6. The highest BCUT2D eigenvalue weighted by atomic mass is 19.1. The maximum Gasteiger partial charge on any atom is 0.347 e. The first kappa shape index (κ1) is 25.7. The summed E-state index contributed by atoms with van der Waals surface area (Å²) in [4.78, 5) is 43.3. The predicted octanol–water partition coefficient (Wildman–Crippen LogP) is 4.21. The molecule has 2 aromatic heterocycles. The fourth-order valence-corrected chi connectivity index (χ4v) is 4.00. The number of carbonyl (C=O) groups is 2. The van der Waals surface area contributed by atoms with Gasteiger partial charge in [-0.3, -0.25) is 9.78 Å². The van der Waals surface area contributed by atoms with Crippen molar-refractivity contribution in [2.75, 3.05) is 13.7 Å². The van der Waals surface area contributed by atoms with E-state index in [2.05, 4.69) is 4.98 Å². The van der Waals surface area contributed by atoms with E-state index in [-0.39, 0.29) is 35.9 Å². The van der Waals surface area contributed by atoms with Gasteiger partial charge in [0.25, 0.3) is 5.56 Å². The molecule has 0 radical (unpaired) electrons. The summed E-state index contributed by atoms with van der Waals surface area (Å²) in [7, 11) is 3.03. The molecule has 2 heterocycles. The molecule has 190 valence electrons. The first-order valence-electron chi connectivity index (χ1n) is 11.6. The van der Waals surface area contributed by atoms with Crippen LogP contribution < -0.4 is 10.3 Å². The van der Waals surface area contributed by atoms with Crippen molar-refractivity contribution in [3.63, 3.8) is 0 Å². The summed E-state index contributed by atoms with van der Waals surface area (Å²) in [6.07, 6.45) is 1.94. The molecule has 0 bridgehead atoms. The van der Waals surface area contributed by atoms with Gasteiger partial charge in [0.15, 0.2) is 11.3 Å². The molecule has 0 spiro atoms. The Hall–Kier alpha value is -4.37. The lowest BCUT2D eigenvalue weighted by molar-refractivity contribution is 0.0518. The number of methoxy groups -OCH3 is 1. The monoisotopic (exact) mass is 504 g/mol. The Balaban J connectivity index is 1.84. The number of esters is 2. The van der Waals surface area contributed by atoms with Gasteiger partial charge in [-0.2, -0.15) is 0 Å². The molecule has 0 aliphatic rings. The number of halogens is 1. The van der Waals surface area contributed by atoms with Gasteiger partial charge in [-0.05, 0) is 60.4 Å². The Kier molecular flexibility index (Phi) is 7.74. The molecule has 37 heavy (non-hydrogen) atoms. The van der Waals surface area contributed by atoms with E-state index in [0.29, 0.717) is 17.5 Å². The second-order valence-electron chi connectivity index (χ2n) is 8.28. The van der Waals surface area contributed by atoms with E-state index < -0.39 is 23.1 Å². The van der Waals surface area contributed by atoms with Crippen molar-refractivity contribution in [1.29, 1.82) is 0 Å². The SMILES string of the molecule is CCOC(=O)c1c(OC(=O)c2ccccc2)c2ncc(Cc3ccc(F)cc3COC)cc2n(C)c1=O. The van der Waals surface area contributed by atoms with Crippen molar-refractivity contribution in [2.24, 2.45) is 7.05 Å². The largest absolute Gasteiger partial charge is 0.462 e. The van der Waals surface area contributed by atoms with Crippen LogP contribution in [-0.4, -0.2) is 35.2 Å². The quantitative estimate of drug-likeness (QED) is 0.332. The third-order valence-corrected chi connectivity index (χ3v) is 5.79. The summed E-state index contributed by atoms with van der Waals surface area (Å²) >= 11 is 0. The fourth-order valence-electron chi connectivity index (χ4n) is 4.00. The minimum atomic E-state index is -0.915. The van der Waals surface area contributed by atoms with Crippen LogP contribution in [0.4, 0.5) is 4.39 Å². The van der Waals surface area contributed by atoms with Gasteiger partial charge in [-0.25, -0.2) is 14.0 Å². The van der Waals surface area contributed by atoms with Crippen LogP contribution in [0.1, 0.15) is 44.3 Å². The summed E-state index contributed by atoms with van der Waals surface area (Å²) in [5.74, 6) is -2.30. The number of fused-ring (bicyclic) bond motifs is 1. The molecule has 0 N–H and O–H groups in total. The number of pyridine rings is 2. The molecule has 9 heteroatoms. The van der Waals surface area contributed by atoms with Crippen LogP contribution in [0.2, 0.25) is 0 Å². The Morgan fingerprint density at radius 3 is 2.49 bits per heavy atom. The van der Waals surface area contributed by atoms with Crippen molar-refractivity contribution in [2.45, 2.75) is 20.0 Å². The van der Waals surface area contributed by atoms with Crippen LogP contribution in [-0.2, 0) is 29.5 Å². The average molecular weight is 505 g/mol. The zero-order valence-corrected chi connectivity index (χ0v) is 20.6. The minimum absolute atomic E-state index is 0.0277. The Labute approximate surface area is 212 Å². The molecule has 0 unspecified atom stereocenters. The Morgan fingerprint density at radius 1 is 1.03 bits per heavy atom. The minimum Gasteiger partial charge on any atom is -0.462 e. The molecule has 0 aliphatic carbocycles. The van der Waals surface area contributed by atoms with E-state index in [1.54, 1.807) is 55.6 Å². The number of carbonyl (C=O) groups excluding carboxylic acids is 2. The second kappa shape index (κ2) is 11.1. The van der Waals surface area contributed by atoms with E-state index in [4.69, 9.17) is 14.2 Å². The Morgan fingerprint density at radius 2 is 1.78 bits per heavy atom. The highest BCUT2D eigenvalue weighted by Crippen LogP contribution is 2.29. The standard InChI is InChI=1S/C28H25FN2O6/c1-4-36-28(34)23-25(37-27(33)18-8-6-5-7-9-18)24-22(31(2)26(23)32)13-17(15-30-24)12-19-10-11-21(29)14-20(19)16-35-3/h5-11,13-15H,4,12,16H2,1-3H3. The number of hydrogen-bond donors (Lipinski definition) is 0. The third kappa shape index (κ3) is 5.41. The van der Waals surface area contributed by atoms with Gasteiger partial charge >= 0.3 is 11.9 Å². The molecule has 2 aromatic carbocycles. The molecule has 0 atom stereocenters. The number of benzene rings is 2. The lowest BCUT2D eigenvalue weighted by Gasteiger charge is -2.15. The number of ether oxygens (including phenoxy) is 3. The fraction of sp³-hybridized carbons (Fsp3) is 0.214. The summed E-state index contributed by atoms with van der Waals surface area (Å²) in [6, 6.07) is 14.4. The van der Waals surface area contributed by atoms with Gasteiger partial charge in [-0.15, -0.1) is 0 Å². The molecule has 4 aromatic rings. The van der Waals surface area contributed by atoms with E-state index in [0.717, 1.165) is 11.1 Å². The zero-order valence-electron chi connectivity index (χ0n) is 20.6. The van der Waals surface area contributed by atoms with Crippen LogP contribution in [0.5, 0.6) is 5.75 Å². The van der Waals surface area contributed by atoms with Gasteiger partial charge in [0, 0.05) is 20.4 Å². The normalized spacial score (nSPS) is 10.9. The first-order valence-corrected chi connectivity index (χ1v) is 11.6. The van der Waals surface area contributed by atoms with Crippen molar-refractivity contribution in [3.05, 3.63) is 105 Å². The Bertz CT molecular complexity index is 1530. The van der Waals surface area contributed by atoms with Crippen molar-refractivity contribution >= 4 is 23.0 Å². The van der Waals surface area contributed by atoms with Gasteiger partial charge in [-0.1, -0.05) is 24.3 Å². The van der Waals surface area contributed by atoms with Crippen molar-refractivity contribution in [3.8, 4) is 5.75 Å². The van der Waals surface area contributed by atoms with Crippen LogP contribution in [0.15, 0.2) is 65.6 Å². The maximum atomic E-state index is 13.8. The van der Waals surface area contributed by atoms with E-state index in [1.165, 1.54) is 30.9 Å². The molecule has 0 saturated heterocycles. The first-order chi connectivity index (χ1) is 17.8. The number of nitrogens with zero attached hydrogens (tertiary/aromatic N) is 2. The molecule has 0 fully saturated rings. The lowest BCUT2D eigenvalue weighted by atomic mass is 10.0. The van der Waals surface area contributed by atoms with E-state index >= 15 is 0 Å². The second-order valence-corrected chi connectivity index (χ2v) is 8.28. The van der Waals surface area contributed by atoms with Crippen LogP contribution in [0.3, 0.4) is 0 Å². The highest BCUT2D eigenvalue weighted by Gasteiger charge is 2.27. The zero-order chi connectivity index (χ0) is 26.5. The molecule has 4 rings (SSSR count). The number of aromatic nitrogens is 2. The highest BCUT2D eigenvalue weighted by molar-refractivity contribution is 6.01. The number of rotatable bonds is 8. The van der Waals surface area contributed by atoms with Crippen LogP contribution in [0, 0.1) is 5.82 Å².